The number of hydrogen-bond acceptors (Lipinski definition) is 4. The summed E-state index contributed by atoms with van der Waals surface area (Å²) in [5, 5.41) is 3.29. The van der Waals surface area contributed by atoms with Crippen LogP contribution in [0, 0.1) is 6.92 Å². The van der Waals surface area contributed by atoms with Gasteiger partial charge in [-0.25, -0.2) is 8.42 Å². The fraction of sp³-hybridized carbons (Fsp3) is 0.310. The van der Waals surface area contributed by atoms with Crippen LogP contribution in [-0.2, 0) is 26.2 Å². The number of carbonyl (C=O) groups is 2. The van der Waals surface area contributed by atoms with Crippen LogP contribution in [-0.4, -0.2) is 43.3 Å². The van der Waals surface area contributed by atoms with Gasteiger partial charge in [-0.2, -0.15) is 0 Å². The molecule has 10 heteroatoms. The van der Waals surface area contributed by atoms with Crippen LogP contribution in [0.2, 0.25) is 10.0 Å². The molecule has 0 bridgehead atoms. The molecule has 0 heterocycles. The third-order valence-electron chi connectivity index (χ3n) is 5.94. The molecule has 7 nitrogen and oxygen atoms in total. The van der Waals surface area contributed by atoms with E-state index in [-0.39, 0.29) is 33.1 Å². The Bertz CT molecular complexity index is 1420. The van der Waals surface area contributed by atoms with E-state index >= 15 is 0 Å². The number of benzene rings is 3. The Morgan fingerprint density at radius 2 is 1.54 bits per heavy atom. The quantitative estimate of drug-likeness (QED) is 0.340. The number of aryl methyl sites for hydroxylation is 1. The van der Waals surface area contributed by atoms with E-state index in [0.29, 0.717) is 0 Å². The van der Waals surface area contributed by atoms with Gasteiger partial charge >= 0.3 is 0 Å². The van der Waals surface area contributed by atoms with Crippen molar-refractivity contribution in [2.75, 3.05) is 10.8 Å². The smallest absolute Gasteiger partial charge is 0.264 e. The Morgan fingerprint density at radius 3 is 2.10 bits per heavy atom. The first-order chi connectivity index (χ1) is 18.2. The van der Waals surface area contributed by atoms with Crippen LogP contribution in [0.4, 0.5) is 5.69 Å². The summed E-state index contributed by atoms with van der Waals surface area (Å²) in [6.07, 6.45) is 0. The Morgan fingerprint density at radius 1 is 0.923 bits per heavy atom. The molecule has 0 aromatic heterocycles. The lowest BCUT2D eigenvalue weighted by molar-refractivity contribution is -0.140. The number of nitrogens with zero attached hydrogens (tertiary/aromatic N) is 2. The molecule has 0 aliphatic rings. The number of rotatable bonds is 9. The minimum atomic E-state index is -4.19. The fourth-order valence-corrected chi connectivity index (χ4v) is 5.54. The van der Waals surface area contributed by atoms with Crippen LogP contribution in [0.1, 0.15) is 38.8 Å². The van der Waals surface area contributed by atoms with E-state index in [1.807, 2.05) is 58.0 Å². The molecular formula is C29H33Cl2N3O4S. The van der Waals surface area contributed by atoms with Crippen LogP contribution >= 0.6 is 23.2 Å². The molecule has 0 aliphatic carbocycles. The van der Waals surface area contributed by atoms with E-state index in [1.165, 1.54) is 35.2 Å². The zero-order valence-electron chi connectivity index (χ0n) is 22.6. The van der Waals surface area contributed by atoms with Crippen molar-refractivity contribution in [1.29, 1.82) is 0 Å². The van der Waals surface area contributed by atoms with Crippen molar-refractivity contribution in [1.82, 2.24) is 10.2 Å². The van der Waals surface area contributed by atoms with Crippen molar-refractivity contribution in [3.63, 3.8) is 0 Å². The van der Waals surface area contributed by atoms with Crippen molar-refractivity contribution >= 4 is 50.7 Å². The minimum absolute atomic E-state index is 0.0140. The predicted octanol–water partition coefficient (Wildman–Crippen LogP) is 5.83. The number of halogens is 2. The molecule has 0 saturated carbocycles. The largest absolute Gasteiger partial charge is 0.350 e. The number of amides is 2. The minimum Gasteiger partial charge on any atom is -0.350 e. The topological polar surface area (TPSA) is 86.8 Å². The summed E-state index contributed by atoms with van der Waals surface area (Å²) in [5.74, 6) is -0.911. The van der Waals surface area contributed by atoms with Gasteiger partial charge in [0.15, 0.2) is 0 Å². The average Bonchev–Trinajstić information content (AvgIpc) is 2.86. The van der Waals surface area contributed by atoms with Crippen LogP contribution in [0.5, 0.6) is 0 Å². The SMILES string of the molecule is Cc1ccc(S(=O)(=O)N(CC(=O)N(Cc2ccccc2)C(C)C(=O)NC(C)(C)C)c2ccc(Cl)c(Cl)c2)cc1. The Hall–Kier alpha value is -3.07. The second kappa shape index (κ2) is 12.4. The zero-order valence-corrected chi connectivity index (χ0v) is 24.9. The van der Waals surface area contributed by atoms with E-state index in [4.69, 9.17) is 23.2 Å². The van der Waals surface area contributed by atoms with Gasteiger partial charge in [0, 0.05) is 12.1 Å². The van der Waals surface area contributed by atoms with E-state index in [9.17, 15) is 18.0 Å². The highest BCUT2D eigenvalue weighted by Gasteiger charge is 2.33. The second-order valence-electron chi connectivity index (χ2n) is 10.3. The summed E-state index contributed by atoms with van der Waals surface area (Å²) in [7, 11) is -4.19. The Labute approximate surface area is 240 Å². The molecular weight excluding hydrogens is 557 g/mol. The first kappa shape index (κ1) is 30.5. The molecule has 0 saturated heterocycles. The van der Waals surface area contributed by atoms with Crippen molar-refractivity contribution in [3.05, 3.63) is 94.0 Å². The van der Waals surface area contributed by atoms with Crippen LogP contribution in [0.25, 0.3) is 0 Å². The van der Waals surface area contributed by atoms with Gasteiger partial charge in [0.25, 0.3) is 10.0 Å². The van der Waals surface area contributed by atoms with E-state index < -0.39 is 34.1 Å². The lowest BCUT2D eigenvalue weighted by Gasteiger charge is -2.33. The molecule has 0 radical (unpaired) electrons. The lowest BCUT2D eigenvalue weighted by Crippen LogP contribution is -2.54. The lowest BCUT2D eigenvalue weighted by atomic mass is 10.1. The maximum Gasteiger partial charge on any atom is 0.264 e. The molecule has 208 valence electrons. The van der Waals surface area contributed by atoms with Gasteiger partial charge in [-0.3, -0.25) is 13.9 Å². The third kappa shape index (κ3) is 7.97. The van der Waals surface area contributed by atoms with Crippen LogP contribution in [0.15, 0.2) is 77.7 Å². The summed E-state index contributed by atoms with van der Waals surface area (Å²) in [6.45, 7) is 8.57. The van der Waals surface area contributed by atoms with Gasteiger partial charge < -0.3 is 10.2 Å². The second-order valence-corrected chi connectivity index (χ2v) is 13.0. The zero-order chi connectivity index (χ0) is 29.0. The fourth-order valence-electron chi connectivity index (χ4n) is 3.84. The molecule has 0 spiro atoms. The predicted molar refractivity (Wildman–Crippen MR) is 157 cm³/mol. The summed E-state index contributed by atoms with van der Waals surface area (Å²) >= 11 is 12.3. The number of nitrogens with one attached hydrogen (secondary N) is 1. The van der Waals surface area contributed by atoms with E-state index in [0.717, 1.165) is 15.4 Å². The molecule has 39 heavy (non-hydrogen) atoms. The maximum absolute atomic E-state index is 13.9. The number of anilines is 1. The third-order valence-corrected chi connectivity index (χ3v) is 8.47. The van der Waals surface area contributed by atoms with Gasteiger partial charge in [-0.05, 0) is 70.5 Å². The van der Waals surface area contributed by atoms with Crippen LogP contribution < -0.4 is 9.62 Å². The standard InChI is InChI=1S/C29H33Cl2N3O4S/c1-20-11-14-24(15-12-20)39(37,38)34(23-13-16-25(30)26(31)17-23)19-27(35)33(18-22-9-7-6-8-10-22)21(2)28(36)32-29(3,4)5/h6-17,21H,18-19H2,1-5H3,(H,32,36). The molecule has 2 amide bonds. The van der Waals surface area contributed by atoms with Gasteiger partial charge in [-0.1, -0.05) is 71.2 Å². The van der Waals surface area contributed by atoms with E-state index in [2.05, 4.69) is 5.32 Å². The molecule has 0 aliphatic heterocycles. The molecule has 0 fully saturated rings. The highest BCUT2D eigenvalue weighted by Crippen LogP contribution is 2.31. The normalized spacial score (nSPS) is 12.5. The van der Waals surface area contributed by atoms with Crippen molar-refractivity contribution in [2.45, 2.75) is 57.6 Å². The molecule has 3 aromatic carbocycles. The van der Waals surface area contributed by atoms with Crippen molar-refractivity contribution < 1.29 is 18.0 Å². The molecule has 1 atom stereocenters. The summed E-state index contributed by atoms with van der Waals surface area (Å²) in [4.78, 5) is 28.4. The maximum atomic E-state index is 13.9. The van der Waals surface area contributed by atoms with Gasteiger partial charge in [0.2, 0.25) is 11.8 Å². The number of carbonyl (C=O) groups excluding carboxylic acids is 2. The number of sulfonamides is 1. The molecule has 3 aromatic rings. The van der Waals surface area contributed by atoms with E-state index in [1.54, 1.807) is 19.1 Å². The Balaban J connectivity index is 2.05. The molecule has 1 unspecified atom stereocenters. The highest BCUT2D eigenvalue weighted by molar-refractivity contribution is 7.92. The summed E-state index contributed by atoms with van der Waals surface area (Å²) < 4.78 is 28.7. The average molecular weight is 591 g/mol. The summed E-state index contributed by atoms with van der Waals surface area (Å²) in [6, 6.07) is 19.0. The van der Waals surface area contributed by atoms with Gasteiger partial charge in [0.1, 0.15) is 12.6 Å². The first-order valence-corrected chi connectivity index (χ1v) is 14.6. The first-order valence-electron chi connectivity index (χ1n) is 12.4. The highest BCUT2D eigenvalue weighted by atomic mass is 35.5. The van der Waals surface area contributed by atoms with Gasteiger partial charge in [0.05, 0.1) is 20.6 Å². The van der Waals surface area contributed by atoms with Gasteiger partial charge in [-0.15, -0.1) is 0 Å². The number of hydrogen-bond donors (Lipinski definition) is 1. The molecule has 3 rings (SSSR count). The Kier molecular flexibility index (Phi) is 9.69. The summed E-state index contributed by atoms with van der Waals surface area (Å²) in [5.41, 5.74) is 1.33. The molecule has 1 N–H and O–H groups in total. The van der Waals surface area contributed by atoms with Crippen LogP contribution in [0.3, 0.4) is 0 Å². The van der Waals surface area contributed by atoms with Crippen molar-refractivity contribution in [2.24, 2.45) is 0 Å². The van der Waals surface area contributed by atoms with Crippen molar-refractivity contribution in [3.8, 4) is 0 Å². The monoisotopic (exact) mass is 589 g/mol.